The Morgan fingerprint density at radius 3 is 2.09 bits per heavy atom. The molecule has 1 aromatic carbocycles. The van der Waals surface area contributed by atoms with E-state index in [0.717, 1.165) is 24.0 Å². The summed E-state index contributed by atoms with van der Waals surface area (Å²) < 4.78 is 5.68. The average Bonchev–Trinajstić information content (AvgIpc) is 2.74. The highest BCUT2D eigenvalue weighted by atomic mass is 16.5. The Hall–Kier alpha value is -1.97. The van der Waals surface area contributed by atoms with E-state index in [4.69, 9.17) is 4.74 Å². The van der Waals surface area contributed by atoms with Crippen LogP contribution in [0.2, 0.25) is 0 Å². The first-order valence-electron chi connectivity index (χ1n) is 13.5. The van der Waals surface area contributed by atoms with Crippen molar-refractivity contribution in [2.75, 3.05) is 6.61 Å². The number of carbonyl (C=O) groups excluding carboxylic acids is 1. The monoisotopic (exact) mass is 486 g/mol. The number of ether oxygens (including phenoxy) is 1. The third kappa shape index (κ3) is 6.62. The zero-order valence-electron chi connectivity index (χ0n) is 23.9. The molecule has 0 heterocycles. The average molecular weight is 487 g/mol. The van der Waals surface area contributed by atoms with Gasteiger partial charge in [-0.2, -0.15) is 0 Å². The maximum absolute atomic E-state index is 12.4. The molecular formula is C31H50O4. The summed E-state index contributed by atoms with van der Waals surface area (Å²) in [6, 6.07) is 3.69. The van der Waals surface area contributed by atoms with E-state index >= 15 is 0 Å². The molecule has 0 saturated heterocycles. The van der Waals surface area contributed by atoms with Gasteiger partial charge in [-0.05, 0) is 73.1 Å². The Kier molecular flexibility index (Phi) is 9.17. The van der Waals surface area contributed by atoms with Crippen molar-refractivity contribution < 1.29 is 19.7 Å². The maximum Gasteiger partial charge on any atom is 0.311 e. The van der Waals surface area contributed by atoms with E-state index in [1.807, 2.05) is 32.9 Å². The first-order valence-corrected chi connectivity index (χ1v) is 13.5. The molecule has 2 rings (SSSR count). The molecule has 198 valence electrons. The van der Waals surface area contributed by atoms with Crippen molar-refractivity contribution in [2.24, 2.45) is 22.7 Å². The Morgan fingerprint density at radius 1 is 1.00 bits per heavy atom. The quantitative estimate of drug-likeness (QED) is 0.209. The van der Waals surface area contributed by atoms with Crippen molar-refractivity contribution >= 4 is 5.97 Å². The molecule has 0 saturated carbocycles. The van der Waals surface area contributed by atoms with Crippen molar-refractivity contribution in [3.8, 4) is 11.5 Å². The summed E-state index contributed by atoms with van der Waals surface area (Å²) >= 11 is 0. The van der Waals surface area contributed by atoms with Gasteiger partial charge in [0.1, 0.15) is 18.1 Å². The number of unbranched alkanes of at least 4 members (excludes halogenated alkanes) is 3. The minimum absolute atomic E-state index is 0.112. The summed E-state index contributed by atoms with van der Waals surface area (Å²) in [7, 11) is 0. The maximum atomic E-state index is 12.4. The van der Waals surface area contributed by atoms with Gasteiger partial charge in [0.25, 0.3) is 0 Å². The van der Waals surface area contributed by atoms with E-state index in [9.17, 15) is 15.0 Å². The van der Waals surface area contributed by atoms with E-state index in [1.165, 1.54) is 19.3 Å². The predicted molar refractivity (Wildman–Crippen MR) is 145 cm³/mol. The minimum atomic E-state index is -0.559. The lowest BCUT2D eigenvalue weighted by atomic mass is 9.58. The first kappa shape index (κ1) is 29.3. The van der Waals surface area contributed by atoms with Crippen LogP contribution in [-0.4, -0.2) is 22.8 Å². The highest BCUT2D eigenvalue weighted by Gasteiger charge is 2.44. The zero-order valence-corrected chi connectivity index (χ0v) is 23.9. The van der Waals surface area contributed by atoms with Gasteiger partial charge in [-0.15, -0.1) is 0 Å². The molecule has 1 aromatic rings. The Morgan fingerprint density at radius 2 is 1.57 bits per heavy atom. The van der Waals surface area contributed by atoms with Gasteiger partial charge >= 0.3 is 5.97 Å². The van der Waals surface area contributed by atoms with Crippen molar-refractivity contribution in [1.29, 1.82) is 0 Å². The Balaban J connectivity index is 2.41. The SMILES string of the molecule is CCCCCCC(C)(C)c1cc(O)c([C@H]2C=C(COC(=O)C(C)(C)C)[C@@H](C)C(C)(C)[C@H]2C)c(O)c1. The number of phenolic OH excluding ortho intramolecular Hbond substituents is 2. The molecule has 0 fully saturated rings. The Bertz CT molecular complexity index is 893. The lowest BCUT2D eigenvalue weighted by Crippen LogP contribution is -2.39. The molecular weight excluding hydrogens is 436 g/mol. The summed E-state index contributed by atoms with van der Waals surface area (Å²) in [4.78, 5) is 12.4. The van der Waals surface area contributed by atoms with Crippen LogP contribution in [0.5, 0.6) is 11.5 Å². The second-order valence-corrected chi connectivity index (χ2v) is 13.0. The number of allylic oxidation sites excluding steroid dienone is 1. The third-order valence-corrected chi connectivity index (χ3v) is 8.67. The van der Waals surface area contributed by atoms with Crippen LogP contribution >= 0.6 is 0 Å². The number of hydrogen-bond donors (Lipinski definition) is 2. The van der Waals surface area contributed by atoms with Crippen molar-refractivity contribution in [2.45, 2.75) is 113 Å². The number of rotatable bonds is 9. The molecule has 0 aromatic heterocycles. The van der Waals surface area contributed by atoms with Crippen LogP contribution in [0, 0.1) is 22.7 Å². The molecule has 1 aliphatic rings. The van der Waals surface area contributed by atoms with Crippen LogP contribution in [0.3, 0.4) is 0 Å². The molecule has 0 aliphatic heterocycles. The van der Waals surface area contributed by atoms with Gasteiger partial charge in [0.2, 0.25) is 0 Å². The van der Waals surface area contributed by atoms with Gasteiger partial charge in [-0.1, -0.05) is 80.2 Å². The number of esters is 1. The van der Waals surface area contributed by atoms with Gasteiger partial charge in [-0.25, -0.2) is 0 Å². The van der Waals surface area contributed by atoms with Crippen molar-refractivity contribution in [3.05, 3.63) is 34.9 Å². The van der Waals surface area contributed by atoms with E-state index in [2.05, 4.69) is 54.5 Å². The van der Waals surface area contributed by atoms with E-state index in [1.54, 1.807) is 0 Å². The Labute approximate surface area is 214 Å². The molecule has 0 radical (unpaired) electrons. The molecule has 0 spiro atoms. The van der Waals surface area contributed by atoms with Crippen LogP contribution in [0.25, 0.3) is 0 Å². The van der Waals surface area contributed by atoms with E-state index in [-0.39, 0.29) is 52.7 Å². The van der Waals surface area contributed by atoms with Crippen molar-refractivity contribution in [3.63, 3.8) is 0 Å². The fourth-order valence-electron chi connectivity index (χ4n) is 5.22. The summed E-state index contributed by atoms with van der Waals surface area (Å²) in [5.41, 5.74) is 1.77. The van der Waals surface area contributed by atoms with Gasteiger partial charge in [0, 0.05) is 11.5 Å². The molecule has 1 aliphatic carbocycles. The van der Waals surface area contributed by atoms with Crippen molar-refractivity contribution in [1.82, 2.24) is 0 Å². The molecule has 3 atom stereocenters. The molecule has 0 unspecified atom stereocenters. The number of benzene rings is 1. The fraction of sp³-hybridized carbons (Fsp3) is 0.710. The standard InChI is InChI=1S/C31H50O4/c1-11-12-13-14-15-30(7,8)23-17-25(32)27(26(33)18-23)24-16-22(19-35-28(34)29(4,5)6)20(2)31(9,10)21(24)3/h16-18,20-21,24,32-33H,11-15,19H2,1-10H3/t20-,21+,24+/m1/s1. The topological polar surface area (TPSA) is 66.8 Å². The molecule has 2 N–H and O–H groups in total. The minimum Gasteiger partial charge on any atom is -0.507 e. The number of carbonyl (C=O) groups is 1. The highest BCUT2D eigenvalue weighted by Crippen LogP contribution is 2.54. The van der Waals surface area contributed by atoms with E-state index in [0.29, 0.717) is 5.56 Å². The van der Waals surface area contributed by atoms with Gasteiger partial charge in [0.15, 0.2) is 0 Å². The van der Waals surface area contributed by atoms with Crippen LogP contribution in [0.15, 0.2) is 23.8 Å². The second kappa shape index (κ2) is 11.0. The molecule has 4 heteroatoms. The highest BCUT2D eigenvalue weighted by molar-refractivity contribution is 5.75. The van der Waals surface area contributed by atoms with E-state index < -0.39 is 5.41 Å². The molecule has 35 heavy (non-hydrogen) atoms. The van der Waals surface area contributed by atoms with Crippen LogP contribution in [0.4, 0.5) is 0 Å². The van der Waals surface area contributed by atoms with Gasteiger partial charge < -0.3 is 14.9 Å². The zero-order chi connectivity index (χ0) is 26.8. The predicted octanol–water partition coefficient (Wildman–Crippen LogP) is 8.26. The second-order valence-electron chi connectivity index (χ2n) is 13.0. The summed E-state index contributed by atoms with van der Waals surface area (Å²) in [6.07, 6.45) is 7.90. The van der Waals surface area contributed by atoms with Gasteiger partial charge in [0.05, 0.1) is 5.41 Å². The number of aromatic hydroxyl groups is 2. The number of hydrogen-bond acceptors (Lipinski definition) is 4. The normalized spacial score (nSPS) is 22.6. The van der Waals surface area contributed by atoms with Crippen LogP contribution < -0.4 is 0 Å². The van der Waals surface area contributed by atoms with Crippen LogP contribution in [-0.2, 0) is 14.9 Å². The molecule has 0 bridgehead atoms. The molecule has 0 amide bonds. The fourth-order valence-corrected chi connectivity index (χ4v) is 5.22. The molecule has 4 nitrogen and oxygen atoms in total. The number of phenols is 2. The lowest BCUT2D eigenvalue weighted by Gasteiger charge is -2.46. The summed E-state index contributed by atoms with van der Waals surface area (Å²) in [5.74, 6) is 0.259. The smallest absolute Gasteiger partial charge is 0.311 e. The third-order valence-electron chi connectivity index (χ3n) is 8.67. The van der Waals surface area contributed by atoms with Crippen LogP contribution in [0.1, 0.15) is 118 Å². The summed E-state index contributed by atoms with van der Waals surface area (Å²) in [6.45, 7) is 21.2. The summed E-state index contributed by atoms with van der Waals surface area (Å²) in [5, 5.41) is 22.4. The van der Waals surface area contributed by atoms with Gasteiger partial charge in [-0.3, -0.25) is 4.79 Å². The largest absolute Gasteiger partial charge is 0.507 e. The lowest BCUT2D eigenvalue weighted by molar-refractivity contribution is -0.152. The first-order chi connectivity index (χ1) is 16.0.